The minimum absolute atomic E-state index is 0.177. The van der Waals surface area contributed by atoms with E-state index in [-0.39, 0.29) is 5.75 Å². The molecule has 0 saturated heterocycles. The average molecular weight is 454 g/mol. The molecule has 2 aliphatic rings. The van der Waals surface area contributed by atoms with E-state index in [0.29, 0.717) is 30.3 Å². The number of nitrogens with zero attached hydrogens (tertiary/aromatic N) is 1. The maximum Gasteiger partial charge on any atom is 0.573 e. The van der Waals surface area contributed by atoms with E-state index in [1.54, 1.807) is 12.1 Å². The first-order valence-electron chi connectivity index (χ1n) is 11.6. The highest BCUT2D eigenvalue weighted by molar-refractivity contribution is 5.29. The summed E-state index contributed by atoms with van der Waals surface area (Å²) in [5.41, 5.74) is 1.07. The minimum atomic E-state index is -4.66. The van der Waals surface area contributed by atoms with E-state index < -0.39 is 12.2 Å². The predicted octanol–water partition coefficient (Wildman–Crippen LogP) is 7.59. The molecular formula is C25H31F4NO2. The summed E-state index contributed by atoms with van der Waals surface area (Å²) >= 11 is 0. The molecular weight excluding hydrogens is 422 g/mol. The lowest BCUT2D eigenvalue weighted by atomic mass is 9.79. The fourth-order valence-corrected chi connectivity index (χ4v) is 4.95. The Morgan fingerprint density at radius 1 is 0.969 bits per heavy atom. The monoisotopic (exact) mass is 453 g/mol. The third-order valence-electron chi connectivity index (χ3n) is 6.80. The van der Waals surface area contributed by atoms with Crippen molar-refractivity contribution in [3.05, 3.63) is 41.7 Å². The molecule has 0 radical (unpaired) electrons. The van der Waals surface area contributed by atoms with Gasteiger partial charge in [0.1, 0.15) is 11.8 Å². The second-order valence-electron chi connectivity index (χ2n) is 9.05. The van der Waals surface area contributed by atoms with Gasteiger partial charge >= 0.3 is 6.36 Å². The van der Waals surface area contributed by atoms with Crippen LogP contribution < -0.4 is 4.74 Å². The Balaban J connectivity index is 1.32. The van der Waals surface area contributed by atoms with Gasteiger partial charge in [-0.25, -0.2) is 0 Å². The highest BCUT2D eigenvalue weighted by Crippen LogP contribution is 2.37. The van der Waals surface area contributed by atoms with Crippen molar-refractivity contribution in [1.82, 2.24) is 0 Å². The molecule has 3 nitrogen and oxygen atoms in total. The molecule has 0 N–H and O–H groups in total. The normalized spacial score (nSPS) is 27.0. The lowest BCUT2D eigenvalue weighted by molar-refractivity contribution is -0.274. The number of hydrogen-bond acceptors (Lipinski definition) is 3. The molecule has 0 spiro atoms. The summed E-state index contributed by atoms with van der Waals surface area (Å²) < 4.78 is 59.9. The topological polar surface area (TPSA) is 42.2 Å². The van der Waals surface area contributed by atoms with Gasteiger partial charge in [0, 0.05) is 6.61 Å². The van der Waals surface area contributed by atoms with Gasteiger partial charge in [0.2, 0.25) is 0 Å². The maximum absolute atomic E-state index is 12.9. The van der Waals surface area contributed by atoms with E-state index in [9.17, 15) is 17.6 Å². The summed E-state index contributed by atoms with van der Waals surface area (Å²) in [6.45, 7) is 0.774. The Kier molecular flexibility index (Phi) is 8.98. The summed E-state index contributed by atoms with van der Waals surface area (Å²) in [6, 6.07) is 7.78. The highest BCUT2D eigenvalue weighted by atomic mass is 19.4. The van der Waals surface area contributed by atoms with Crippen molar-refractivity contribution in [2.75, 3.05) is 6.61 Å². The maximum atomic E-state index is 12.9. The van der Waals surface area contributed by atoms with Crippen molar-refractivity contribution in [3.63, 3.8) is 0 Å². The Bertz CT molecular complexity index is 769. The zero-order valence-electron chi connectivity index (χ0n) is 18.2. The summed E-state index contributed by atoms with van der Waals surface area (Å²) in [5.74, 6) is 0.631. The molecule has 2 fully saturated rings. The standard InChI is InChI=1S/C25H31F4NO2/c26-22(16-30)3-1-2-18-6-12-23(13-7-18)31-17-19-4-8-20(9-5-19)21-10-14-24(15-11-21)32-25(27,28)29/h3,10-11,14-15,18-20,23H,1-2,4-9,12-13,17H2/t18-,19-,20-,23-. The molecule has 0 amide bonds. The number of halogens is 4. The molecule has 0 aliphatic heterocycles. The van der Waals surface area contributed by atoms with Crippen LogP contribution in [0.25, 0.3) is 0 Å². The summed E-state index contributed by atoms with van der Waals surface area (Å²) in [6.07, 6.45) is 7.00. The van der Waals surface area contributed by atoms with E-state index in [0.717, 1.165) is 70.0 Å². The first-order chi connectivity index (χ1) is 15.3. The summed E-state index contributed by atoms with van der Waals surface area (Å²) in [7, 11) is 0. The van der Waals surface area contributed by atoms with Crippen molar-refractivity contribution in [3.8, 4) is 11.8 Å². The van der Waals surface area contributed by atoms with Crippen molar-refractivity contribution < 1.29 is 27.0 Å². The number of nitriles is 1. The van der Waals surface area contributed by atoms with E-state index in [1.807, 2.05) is 0 Å². The van der Waals surface area contributed by atoms with Crippen LogP contribution in [0.15, 0.2) is 36.2 Å². The molecule has 0 heterocycles. The average Bonchev–Trinajstić information content (AvgIpc) is 2.78. The smallest absolute Gasteiger partial charge is 0.406 e. The first-order valence-corrected chi connectivity index (χ1v) is 11.6. The number of ether oxygens (including phenoxy) is 2. The van der Waals surface area contributed by atoms with Crippen LogP contribution >= 0.6 is 0 Å². The Labute approximate surface area is 187 Å². The quantitative estimate of drug-likeness (QED) is 0.301. The van der Waals surface area contributed by atoms with Crippen molar-refractivity contribution >= 4 is 0 Å². The van der Waals surface area contributed by atoms with Crippen LogP contribution in [-0.4, -0.2) is 19.1 Å². The summed E-state index contributed by atoms with van der Waals surface area (Å²) in [5, 5.41) is 8.44. The molecule has 1 aromatic carbocycles. The van der Waals surface area contributed by atoms with E-state index in [1.165, 1.54) is 24.3 Å². The Hall–Kier alpha value is -2.07. The molecule has 0 unspecified atom stereocenters. The molecule has 0 aromatic heterocycles. The van der Waals surface area contributed by atoms with Gasteiger partial charge < -0.3 is 9.47 Å². The number of alkyl halides is 3. The van der Waals surface area contributed by atoms with Gasteiger partial charge in [-0.1, -0.05) is 12.1 Å². The SMILES string of the molecule is N#CC(F)=CCC[C@H]1CC[C@H](OC[C@H]2CC[C@H](c3ccc(OC(F)(F)F)cc3)CC2)CC1. The summed E-state index contributed by atoms with van der Waals surface area (Å²) in [4.78, 5) is 0. The van der Waals surface area contributed by atoms with E-state index >= 15 is 0 Å². The fraction of sp³-hybridized carbons (Fsp3) is 0.640. The van der Waals surface area contributed by atoms with Crippen molar-refractivity contribution in [2.45, 2.75) is 82.6 Å². The molecule has 0 atom stereocenters. The van der Waals surface area contributed by atoms with Crippen LogP contribution in [0.4, 0.5) is 17.6 Å². The van der Waals surface area contributed by atoms with Crippen LogP contribution in [0.5, 0.6) is 5.75 Å². The van der Waals surface area contributed by atoms with Crippen LogP contribution in [0.2, 0.25) is 0 Å². The molecule has 176 valence electrons. The zero-order chi connectivity index (χ0) is 23.0. The lowest BCUT2D eigenvalue weighted by Gasteiger charge is -2.32. The zero-order valence-corrected chi connectivity index (χ0v) is 18.2. The van der Waals surface area contributed by atoms with Gasteiger partial charge in [0.15, 0.2) is 5.83 Å². The second kappa shape index (κ2) is 11.7. The number of benzene rings is 1. The number of hydrogen-bond donors (Lipinski definition) is 0. The van der Waals surface area contributed by atoms with Gasteiger partial charge in [0.25, 0.3) is 0 Å². The molecule has 3 rings (SSSR count). The molecule has 7 heteroatoms. The van der Waals surface area contributed by atoms with E-state index in [2.05, 4.69) is 4.74 Å². The van der Waals surface area contributed by atoms with Gasteiger partial charge in [-0.3, -0.25) is 0 Å². The lowest BCUT2D eigenvalue weighted by Crippen LogP contribution is -2.25. The minimum Gasteiger partial charge on any atom is -0.406 e. The Morgan fingerprint density at radius 2 is 1.59 bits per heavy atom. The van der Waals surface area contributed by atoms with Crippen LogP contribution in [0.1, 0.15) is 75.7 Å². The second-order valence-corrected chi connectivity index (χ2v) is 9.05. The van der Waals surface area contributed by atoms with Crippen LogP contribution in [0.3, 0.4) is 0 Å². The Morgan fingerprint density at radius 3 is 2.19 bits per heavy atom. The molecule has 2 saturated carbocycles. The fourth-order valence-electron chi connectivity index (χ4n) is 4.95. The highest BCUT2D eigenvalue weighted by Gasteiger charge is 2.31. The van der Waals surface area contributed by atoms with Gasteiger partial charge in [-0.2, -0.15) is 9.65 Å². The largest absolute Gasteiger partial charge is 0.573 e. The van der Waals surface area contributed by atoms with Crippen LogP contribution in [0, 0.1) is 23.2 Å². The van der Waals surface area contributed by atoms with Crippen molar-refractivity contribution in [2.24, 2.45) is 11.8 Å². The van der Waals surface area contributed by atoms with E-state index in [4.69, 9.17) is 10.00 Å². The van der Waals surface area contributed by atoms with Crippen LogP contribution in [-0.2, 0) is 4.74 Å². The third kappa shape index (κ3) is 8.12. The van der Waals surface area contributed by atoms with Crippen molar-refractivity contribution in [1.29, 1.82) is 5.26 Å². The predicted molar refractivity (Wildman–Crippen MR) is 114 cm³/mol. The van der Waals surface area contributed by atoms with Gasteiger partial charge in [-0.15, -0.1) is 13.2 Å². The van der Waals surface area contributed by atoms with Gasteiger partial charge in [0.05, 0.1) is 6.10 Å². The molecule has 2 aliphatic carbocycles. The molecule has 32 heavy (non-hydrogen) atoms. The third-order valence-corrected chi connectivity index (χ3v) is 6.80. The first kappa shape index (κ1) is 24.6. The molecule has 0 bridgehead atoms. The number of rotatable bonds is 8. The van der Waals surface area contributed by atoms with Gasteiger partial charge in [-0.05, 0) is 106 Å². The molecule has 1 aromatic rings. The number of allylic oxidation sites excluding steroid dienone is 2.